The maximum Gasteiger partial charge on any atom is 0.193 e. The summed E-state index contributed by atoms with van der Waals surface area (Å²) in [6.07, 6.45) is 8.84. The largest absolute Gasteiger partial charge is 0.493 e. The summed E-state index contributed by atoms with van der Waals surface area (Å²) >= 11 is 0. The number of ether oxygens (including phenoxy) is 1. The molecule has 4 rings (SSSR count). The van der Waals surface area contributed by atoms with Crippen LogP contribution < -0.4 is 10.2 Å². The molecule has 0 spiro atoms. The van der Waals surface area contributed by atoms with Crippen molar-refractivity contribution in [2.75, 3.05) is 19.7 Å². The first-order valence-electron chi connectivity index (χ1n) is 12.1. The van der Waals surface area contributed by atoms with E-state index in [1.807, 2.05) is 49.4 Å². The Morgan fingerprint density at radius 2 is 1.84 bits per heavy atom. The van der Waals surface area contributed by atoms with E-state index < -0.39 is 0 Å². The van der Waals surface area contributed by atoms with Gasteiger partial charge in [0.1, 0.15) is 17.1 Å². The summed E-state index contributed by atoms with van der Waals surface area (Å²) in [6, 6.07) is 15.8. The number of unbranched alkanes of at least 4 members (excludes halogenated alkanes) is 3. The number of fused-ring (bicyclic) bond motifs is 1. The quantitative estimate of drug-likeness (QED) is 0.357. The van der Waals surface area contributed by atoms with Crippen molar-refractivity contribution in [2.24, 2.45) is 0 Å². The Balaban J connectivity index is 1.31. The Morgan fingerprint density at radius 1 is 1.03 bits per heavy atom. The highest BCUT2D eigenvalue weighted by Gasteiger charge is 2.17. The van der Waals surface area contributed by atoms with Crippen molar-refractivity contribution in [1.82, 2.24) is 4.90 Å². The van der Waals surface area contributed by atoms with E-state index in [2.05, 4.69) is 11.8 Å². The number of rotatable bonds is 9. The molecule has 4 nitrogen and oxygen atoms in total. The minimum atomic E-state index is -0.0252. The summed E-state index contributed by atoms with van der Waals surface area (Å²) in [7, 11) is 0. The molecule has 1 aliphatic heterocycles. The Labute approximate surface area is 191 Å². The zero-order valence-electron chi connectivity index (χ0n) is 19.4. The van der Waals surface area contributed by atoms with Gasteiger partial charge >= 0.3 is 0 Å². The third-order valence-electron chi connectivity index (χ3n) is 6.69. The van der Waals surface area contributed by atoms with Gasteiger partial charge in [0.05, 0.1) is 12.0 Å². The van der Waals surface area contributed by atoms with Crippen LogP contribution in [0.25, 0.3) is 22.3 Å². The van der Waals surface area contributed by atoms with Gasteiger partial charge in [-0.3, -0.25) is 4.79 Å². The van der Waals surface area contributed by atoms with Crippen LogP contribution in [-0.4, -0.2) is 30.6 Å². The predicted octanol–water partition coefficient (Wildman–Crippen LogP) is 6.58. The number of hydrogen-bond donors (Lipinski definition) is 0. The molecule has 1 fully saturated rings. The number of benzene rings is 2. The number of nitrogens with zero attached hydrogens (tertiary/aromatic N) is 1. The lowest BCUT2D eigenvalue weighted by Crippen LogP contribution is -2.37. The van der Waals surface area contributed by atoms with Crippen molar-refractivity contribution >= 4 is 11.0 Å². The molecule has 2 aromatic carbocycles. The molecule has 1 atom stereocenters. The van der Waals surface area contributed by atoms with E-state index in [4.69, 9.17) is 9.15 Å². The summed E-state index contributed by atoms with van der Waals surface area (Å²) < 4.78 is 12.2. The van der Waals surface area contributed by atoms with Gasteiger partial charge in [-0.2, -0.15) is 0 Å². The van der Waals surface area contributed by atoms with Gasteiger partial charge in [0.2, 0.25) is 0 Å². The molecule has 1 aromatic heterocycles. The van der Waals surface area contributed by atoms with E-state index in [9.17, 15) is 4.79 Å². The minimum absolute atomic E-state index is 0.0252. The number of hydrogen-bond acceptors (Lipinski definition) is 4. The molecule has 0 N–H and O–H groups in total. The molecule has 0 bridgehead atoms. The summed E-state index contributed by atoms with van der Waals surface area (Å²) in [5.74, 6) is 1.39. The van der Waals surface area contributed by atoms with Gasteiger partial charge in [0.15, 0.2) is 5.43 Å². The van der Waals surface area contributed by atoms with Crippen LogP contribution in [0.2, 0.25) is 0 Å². The van der Waals surface area contributed by atoms with E-state index in [0.717, 1.165) is 29.3 Å². The molecule has 3 aromatic rings. The van der Waals surface area contributed by atoms with Gasteiger partial charge in [-0.15, -0.1) is 0 Å². The standard InChI is InChI=1S/C28H35NO3/c1-21-12-8-10-18-29(21)17-9-3-4-11-19-31-26-16-15-24-25(30)20-27(32-28(24)22(26)2)23-13-6-5-7-14-23/h5-7,13-16,20-21H,3-4,8-12,17-19H2,1-2H3. The Bertz CT molecular complexity index is 1070. The molecule has 1 aliphatic rings. The number of likely N-dealkylation sites (tertiary alicyclic amines) is 1. The Hall–Kier alpha value is -2.59. The van der Waals surface area contributed by atoms with Crippen LogP contribution >= 0.6 is 0 Å². The molecule has 0 amide bonds. The Morgan fingerprint density at radius 3 is 2.66 bits per heavy atom. The van der Waals surface area contributed by atoms with Crippen LogP contribution in [0, 0.1) is 6.92 Å². The monoisotopic (exact) mass is 433 g/mol. The third-order valence-corrected chi connectivity index (χ3v) is 6.69. The summed E-state index contributed by atoms with van der Waals surface area (Å²) in [5.41, 5.74) is 2.37. The van der Waals surface area contributed by atoms with Crippen molar-refractivity contribution in [3.8, 4) is 17.1 Å². The fourth-order valence-corrected chi connectivity index (χ4v) is 4.68. The van der Waals surface area contributed by atoms with Gasteiger partial charge in [-0.25, -0.2) is 0 Å². The maximum atomic E-state index is 12.6. The second-order valence-corrected chi connectivity index (χ2v) is 9.05. The first-order valence-corrected chi connectivity index (χ1v) is 12.1. The summed E-state index contributed by atoms with van der Waals surface area (Å²) in [5, 5.41) is 0.599. The predicted molar refractivity (Wildman–Crippen MR) is 132 cm³/mol. The normalized spacial score (nSPS) is 17.0. The van der Waals surface area contributed by atoms with Crippen molar-refractivity contribution in [3.63, 3.8) is 0 Å². The maximum absolute atomic E-state index is 12.6. The molecule has 1 unspecified atom stereocenters. The lowest BCUT2D eigenvalue weighted by Gasteiger charge is -2.33. The molecule has 0 saturated carbocycles. The van der Waals surface area contributed by atoms with E-state index in [-0.39, 0.29) is 5.43 Å². The van der Waals surface area contributed by atoms with Gasteiger partial charge in [-0.1, -0.05) is 49.6 Å². The highest BCUT2D eigenvalue weighted by molar-refractivity contribution is 5.83. The molecule has 1 saturated heterocycles. The summed E-state index contributed by atoms with van der Waals surface area (Å²) in [4.78, 5) is 15.3. The molecule has 170 valence electrons. The molecule has 32 heavy (non-hydrogen) atoms. The third kappa shape index (κ3) is 5.42. The van der Waals surface area contributed by atoms with Crippen molar-refractivity contribution in [3.05, 3.63) is 64.3 Å². The van der Waals surface area contributed by atoms with Crippen LogP contribution in [0.15, 0.2) is 57.7 Å². The van der Waals surface area contributed by atoms with Crippen molar-refractivity contribution in [2.45, 2.75) is 64.8 Å². The SMILES string of the molecule is Cc1c(OCCCCCCN2CCCCC2C)ccc2c(=O)cc(-c3ccccc3)oc12. The zero-order valence-corrected chi connectivity index (χ0v) is 19.4. The van der Waals surface area contributed by atoms with Gasteiger partial charge in [0, 0.05) is 23.2 Å². The molecular weight excluding hydrogens is 398 g/mol. The number of aryl methyl sites for hydroxylation is 1. The van der Waals surface area contributed by atoms with Crippen LogP contribution in [0.1, 0.15) is 57.4 Å². The molecule has 0 radical (unpaired) electrons. The average molecular weight is 434 g/mol. The first kappa shape index (κ1) is 22.6. The number of piperidine rings is 1. The van der Waals surface area contributed by atoms with Gasteiger partial charge in [-0.05, 0) is 64.8 Å². The first-order chi connectivity index (χ1) is 15.6. The topological polar surface area (TPSA) is 42.7 Å². The smallest absolute Gasteiger partial charge is 0.193 e. The lowest BCUT2D eigenvalue weighted by atomic mass is 10.0. The highest BCUT2D eigenvalue weighted by Crippen LogP contribution is 2.29. The van der Waals surface area contributed by atoms with Crippen LogP contribution in [-0.2, 0) is 0 Å². The minimum Gasteiger partial charge on any atom is -0.493 e. The van der Waals surface area contributed by atoms with E-state index >= 15 is 0 Å². The van der Waals surface area contributed by atoms with E-state index in [1.165, 1.54) is 51.6 Å². The zero-order chi connectivity index (χ0) is 22.3. The van der Waals surface area contributed by atoms with Crippen molar-refractivity contribution in [1.29, 1.82) is 0 Å². The fourth-order valence-electron chi connectivity index (χ4n) is 4.68. The summed E-state index contributed by atoms with van der Waals surface area (Å²) in [6.45, 7) is 7.52. The van der Waals surface area contributed by atoms with Gasteiger partial charge < -0.3 is 14.1 Å². The average Bonchev–Trinajstić information content (AvgIpc) is 2.81. The van der Waals surface area contributed by atoms with Crippen LogP contribution in [0.4, 0.5) is 0 Å². The van der Waals surface area contributed by atoms with E-state index in [0.29, 0.717) is 23.3 Å². The molecule has 2 heterocycles. The highest BCUT2D eigenvalue weighted by atomic mass is 16.5. The van der Waals surface area contributed by atoms with Crippen LogP contribution in [0.3, 0.4) is 0 Å². The lowest BCUT2D eigenvalue weighted by molar-refractivity contribution is 0.157. The van der Waals surface area contributed by atoms with E-state index in [1.54, 1.807) is 6.07 Å². The second kappa shape index (κ2) is 10.8. The fraction of sp³-hybridized carbons (Fsp3) is 0.464. The molecule has 0 aliphatic carbocycles. The second-order valence-electron chi connectivity index (χ2n) is 9.05. The molecular formula is C28H35NO3. The van der Waals surface area contributed by atoms with Crippen LogP contribution in [0.5, 0.6) is 5.75 Å². The molecule has 4 heteroatoms. The van der Waals surface area contributed by atoms with Gasteiger partial charge in [0.25, 0.3) is 0 Å². The Kier molecular flexibility index (Phi) is 7.64. The van der Waals surface area contributed by atoms with Crippen molar-refractivity contribution < 1.29 is 9.15 Å².